The Morgan fingerprint density at radius 3 is 2.88 bits per heavy atom. The summed E-state index contributed by atoms with van der Waals surface area (Å²) in [6.45, 7) is 0. The van der Waals surface area contributed by atoms with Crippen LogP contribution in [-0.2, 0) is 0 Å². The molecule has 2 aromatic carbocycles. The van der Waals surface area contributed by atoms with E-state index in [1.807, 2.05) is 6.07 Å². The number of nitro groups is 1. The first-order valence-corrected chi connectivity index (χ1v) is 7.23. The molecule has 0 unspecified atom stereocenters. The summed E-state index contributed by atoms with van der Waals surface area (Å²) in [6, 6.07) is 10.7. The van der Waals surface area contributed by atoms with Crippen LogP contribution in [0.2, 0.25) is 5.02 Å². The topological polar surface area (TPSA) is 101 Å². The molecule has 7 nitrogen and oxygen atoms in total. The van der Waals surface area contributed by atoms with Gasteiger partial charge < -0.3 is 5.11 Å². The number of nitrogens with zero attached hydrogens (tertiary/aromatic N) is 3. The lowest BCUT2D eigenvalue weighted by Crippen LogP contribution is -1.94. The minimum Gasteiger partial charge on any atom is -0.507 e. The van der Waals surface area contributed by atoms with Crippen LogP contribution in [0.1, 0.15) is 5.56 Å². The first kappa shape index (κ1) is 15.7. The standard InChI is InChI=1S/C16H11ClN4O3/c17-11-1-3-13-14(5-6-18-15(13)8-11)20-19-9-10-7-12(21(23)24)2-4-16(10)22/h1-9,22H,(H,18,20). The fourth-order valence-electron chi connectivity index (χ4n) is 2.15. The van der Waals surface area contributed by atoms with Gasteiger partial charge in [-0.3, -0.25) is 20.5 Å². The van der Waals surface area contributed by atoms with Crippen molar-refractivity contribution in [2.24, 2.45) is 5.10 Å². The maximum atomic E-state index is 10.8. The van der Waals surface area contributed by atoms with Gasteiger partial charge >= 0.3 is 0 Å². The van der Waals surface area contributed by atoms with E-state index >= 15 is 0 Å². The summed E-state index contributed by atoms with van der Waals surface area (Å²) in [7, 11) is 0. The number of hydrogen-bond donors (Lipinski definition) is 2. The summed E-state index contributed by atoms with van der Waals surface area (Å²) in [5.74, 6) is -0.0995. The zero-order valence-electron chi connectivity index (χ0n) is 12.2. The molecule has 0 bridgehead atoms. The molecule has 1 aromatic heterocycles. The van der Waals surface area contributed by atoms with E-state index in [0.717, 1.165) is 5.39 Å². The van der Waals surface area contributed by atoms with Crippen molar-refractivity contribution in [3.8, 4) is 5.75 Å². The molecule has 3 rings (SSSR count). The molecule has 8 heteroatoms. The van der Waals surface area contributed by atoms with E-state index in [-0.39, 0.29) is 17.0 Å². The molecule has 24 heavy (non-hydrogen) atoms. The number of hydrogen-bond acceptors (Lipinski definition) is 6. The highest BCUT2D eigenvalue weighted by atomic mass is 35.5. The van der Waals surface area contributed by atoms with Gasteiger partial charge in [-0.15, -0.1) is 0 Å². The summed E-state index contributed by atoms with van der Waals surface area (Å²) >= 11 is 5.94. The number of hydrazone groups is 1. The number of phenols is 1. The molecule has 3 aromatic rings. The molecule has 2 N–H and O–H groups in total. The Balaban J connectivity index is 1.87. The van der Waals surface area contributed by atoms with E-state index in [9.17, 15) is 15.2 Å². The van der Waals surface area contributed by atoms with Gasteiger partial charge in [0.2, 0.25) is 0 Å². The molecule has 0 aliphatic heterocycles. The predicted octanol–water partition coefficient (Wildman–Crippen LogP) is 3.95. The first-order chi connectivity index (χ1) is 11.5. The zero-order valence-corrected chi connectivity index (χ0v) is 12.9. The van der Waals surface area contributed by atoms with Crippen LogP contribution >= 0.6 is 11.6 Å². The number of aromatic nitrogens is 1. The van der Waals surface area contributed by atoms with Gasteiger partial charge in [0.25, 0.3) is 5.69 Å². The minimum absolute atomic E-state index is 0.0995. The number of nitrogens with one attached hydrogen (secondary N) is 1. The lowest BCUT2D eigenvalue weighted by Gasteiger charge is -2.05. The van der Waals surface area contributed by atoms with Gasteiger partial charge in [-0.2, -0.15) is 5.10 Å². The van der Waals surface area contributed by atoms with E-state index in [1.165, 1.54) is 24.4 Å². The van der Waals surface area contributed by atoms with Crippen molar-refractivity contribution in [2.45, 2.75) is 0 Å². The monoisotopic (exact) mass is 342 g/mol. The Bertz CT molecular complexity index is 959. The van der Waals surface area contributed by atoms with E-state index in [1.54, 1.807) is 24.4 Å². The third-order valence-electron chi connectivity index (χ3n) is 3.32. The summed E-state index contributed by atoms with van der Waals surface area (Å²) < 4.78 is 0. The average molecular weight is 343 g/mol. The van der Waals surface area contributed by atoms with E-state index in [4.69, 9.17) is 11.6 Å². The van der Waals surface area contributed by atoms with E-state index in [2.05, 4.69) is 15.5 Å². The third-order valence-corrected chi connectivity index (χ3v) is 3.55. The van der Waals surface area contributed by atoms with Crippen LogP contribution in [0.4, 0.5) is 11.4 Å². The first-order valence-electron chi connectivity index (χ1n) is 6.85. The number of fused-ring (bicyclic) bond motifs is 1. The van der Waals surface area contributed by atoms with Crippen LogP contribution in [0.25, 0.3) is 10.9 Å². The third kappa shape index (κ3) is 3.26. The van der Waals surface area contributed by atoms with Gasteiger partial charge in [0.05, 0.1) is 22.3 Å². The smallest absolute Gasteiger partial charge is 0.270 e. The van der Waals surface area contributed by atoms with Gasteiger partial charge in [-0.25, -0.2) is 0 Å². The van der Waals surface area contributed by atoms with Crippen LogP contribution in [0, 0.1) is 10.1 Å². The second-order valence-corrected chi connectivity index (χ2v) is 5.33. The summed E-state index contributed by atoms with van der Waals surface area (Å²) in [5, 5.41) is 26.0. The predicted molar refractivity (Wildman–Crippen MR) is 92.7 cm³/mol. The molecule has 0 atom stereocenters. The second kappa shape index (κ2) is 6.51. The number of nitro benzene ring substituents is 1. The van der Waals surface area contributed by atoms with E-state index in [0.29, 0.717) is 16.2 Å². The highest BCUT2D eigenvalue weighted by Gasteiger charge is 2.08. The van der Waals surface area contributed by atoms with Crippen molar-refractivity contribution in [1.82, 2.24) is 4.98 Å². The molecule has 0 amide bonds. The second-order valence-electron chi connectivity index (χ2n) is 4.89. The van der Waals surface area contributed by atoms with Crippen LogP contribution in [0.3, 0.4) is 0 Å². The van der Waals surface area contributed by atoms with Crippen molar-refractivity contribution >= 4 is 40.1 Å². The molecule has 0 aliphatic rings. The number of benzene rings is 2. The number of rotatable bonds is 4. The van der Waals surface area contributed by atoms with Crippen LogP contribution in [-0.4, -0.2) is 21.2 Å². The van der Waals surface area contributed by atoms with Crippen molar-refractivity contribution in [1.29, 1.82) is 0 Å². The Labute approximate surface area is 141 Å². The lowest BCUT2D eigenvalue weighted by molar-refractivity contribution is -0.384. The van der Waals surface area contributed by atoms with Crippen molar-refractivity contribution in [3.05, 3.63) is 69.4 Å². The molecule has 0 saturated heterocycles. The minimum atomic E-state index is -0.537. The number of phenolic OH excluding ortho intramolecular Hbond substituents is 1. The maximum Gasteiger partial charge on any atom is 0.270 e. The highest BCUT2D eigenvalue weighted by Crippen LogP contribution is 2.25. The Hall–Kier alpha value is -3.19. The summed E-state index contributed by atoms with van der Waals surface area (Å²) in [4.78, 5) is 14.5. The van der Waals surface area contributed by atoms with Crippen LogP contribution in [0.5, 0.6) is 5.75 Å². The fraction of sp³-hybridized carbons (Fsp3) is 0. The zero-order chi connectivity index (χ0) is 17.1. The molecular formula is C16H11ClN4O3. The normalized spacial score (nSPS) is 11.0. The Morgan fingerprint density at radius 1 is 1.25 bits per heavy atom. The van der Waals surface area contributed by atoms with Gasteiger partial charge in [0, 0.05) is 34.3 Å². The highest BCUT2D eigenvalue weighted by molar-refractivity contribution is 6.31. The quantitative estimate of drug-likeness (QED) is 0.424. The largest absolute Gasteiger partial charge is 0.507 e. The van der Waals surface area contributed by atoms with Crippen LogP contribution < -0.4 is 5.43 Å². The summed E-state index contributed by atoms with van der Waals surface area (Å²) in [6.07, 6.45) is 2.92. The average Bonchev–Trinajstić information content (AvgIpc) is 2.56. The van der Waals surface area contributed by atoms with Gasteiger partial charge in [-0.05, 0) is 30.3 Å². The van der Waals surface area contributed by atoms with Gasteiger partial charge in [0.1, 0.15) is 5.75 Å². The molecular weight excluding hydrogens is 332 g/mol. The number of anilines is 1. The van der Waals surface area contributed by atoms with Gasteiger partial charge in [-0.1, -0.05) is 11.6 Å². The fourth-order valence-corrected chi connectivity index (χ4v) is 2.32. The van der Waals surface area contributed by atoms with Crippen molar-refractivity contribution in [3.63, 3.8) is 0 Å². The molecule has 0 spiro atoms. The SMILES string of the molecule is O=[N+]([O-])c1ccc(O)c(C=NNc2ccnc3cc(Cl)ccc23)c1. The summed E-state index contributed by atoms with van der Waals surface area (Å²) in [5.41, 5.74) is 4.35. The number of halogens is 1. The van der Waals surface area contributed by atoms with Crippen molar-refractivity contribution < 1.29 is 10.0 Å². The molecule has 0 saturated carbocycles. The van der Waals surface area contributed by atoms with Crippen molar-refractivity contribution in [2.75, 3.05) is 5.43 Å². The molecule has 120 valence electrons. The van der Waals surface area contributed by atoms with Gasteiger partial charge in [0.15, 0.2) is 0 Å². The molecule has 0 radical (unpaired) electrons. The molecule has 1 heterocycles. The van der Waals surface area contributed by atoms with Crippen LogP contribution in [0.15, 0.2) is 53.8 Å². The van der Waals surface area contributed by atoms with E-state index < -0.39 is 4.92 Å². The number of non-ortho nitro benzene ring substituents is 1. The number of aromatic hydroxyl groups is 1. The molecule has 0 fully saturated rings. The Kier molecular flexibility index (Phi) is 4.26. The maximum absolute atomic E-state index is 10.8. The molecule has 0 aliphatic carbocycles. The Morgan fingerprint density at radius 2 is 2.08 bits per heavy atom. The number of pyridine rings is 1. The lowest BCUT2D eigenvalue weighted by atomic mass is 10.2.